The normalized spacial score (nSPS) is 26.4. The van der Waals surface area contributed by atoms with Crippen LogP contribution < -0.4 is 5.32 Å². The molecule has 2 rings (SSSR count). The van der Waals surface area contributed by atoms with Crippen LogP contribution in [0.5, 0.6) is 0 Å². The van der Waals surface area contributed by atoms with E-state index in [4.69, 9.17) is 0 Å². The van der Waals surface area contributed by atoms with Crippen LogP contribution in [0, 0.1) is 0 Å². The Labute approximate surface area is 115 Å². The van der Waals surface area contributed by atoms with Crippen LogP contribution >= 0.6 is 0 Å². The summed E-state index contributed by atoms with van der Waals surface area (Å²) >= 11 is 0. The van der Waals surface area contributed by atoms with Gasteiger partial charge >= 0.3 is 0 Å². The molecule has 2 aliphatic heterocycles. The number of nitrogens with one attached hydrogen (secondary N) is 1. The summed E-state index contributed by atoms with van der Waals surface area (Å²) in [5.41, 5.74) is 0. The molecule has 0 aromatic heterocycles. The van der Waals surface area contributed by atoms with Crippen molar-refractivity contribution in [3.63, 3.8) is 0 Å². The van der Waals surface area contributed by atoms with Gasteiger partial charge in [0.15, 0.2) is 0 Å². The molecular formula is C14H25N3O2. The molecule has 2 unspecified atom stereocenters. The lowest BCUT2D eigenvalue weighted by molar-refractivity contribution is -0.138. The summed E-state index contributed by atoms with van der Waals surface area (Å²) in [6.45, 7) is 7.81. The lowest BCUT2D eigenvalue weighted by Crippen LogP contribution is -2.45. The van der Waals surface area contributed by atoms with Crippen molar-refractivity contribution in [1.29, 1.82) is 0 Å². The van der Waals surface area contributed by atoms with Gasteiger partial charge < -0.3 is 5.32 Å². The maximum atomic E-state index is 12.1. The van der Waals surface area contributed by atoms with E-state index in [1.807, 2.05) is 6.92 Å². The number of carbonyl (C=O) groups is 2. The zero-order valence-electron chi connectivity index (χ0n) is 12.0. The van der Waals surface area contributed by atoms with Crippen molar-refractivity contribution in [2.75, 3.05) is 26.2 Å². The zero-order valence-corrected chi connectivity index (χ0v) is 12.0. The molecule has 19 heavy (non-hydrogen) atoms. The van der Waals surface area contributed by atoms with Crippen LogP contribution in [-0.2, 0) is 9.59 Å². The molecule has 0 spiro atoms. The molecule has 2 saturated heterocycles. The third-order valence-corrected chi connectivity index (χ3v) is 4.11. The first-order valence-corrected chi connectivity index (χ1v) is 7.45. The van der Waals surface area contributed by atoms with E-state index in [1.165, 1.54) is 17.7 Å². The van der Waals surface area contributed by atoms with Crippen molar-refractivity contribution >= 4 is 11.8 Å². The first-order valence-electron chi connectivity index (χ1n) is 7.45. The Hall–Kier alpha value is -0.940. The van der Waals surface area contributed by atoms with E-state index in [1.54, 1.807) is 0 Å². The average Bonchev–Trinajstić information content (AvgIpc) is 3.00. The van der Waals surface area contributed by atoms with Gasteiger partial charge in [-0.1, -0.05) is 6.92 Å². The highest BCUT2D eigenvalue weighted by Gasteiger charge is 2.37. The highest BCUT2D eigenvalue weighted by Crippen LogP contribution is 2.15. The molecule has 0 aromatic rings. The SMILES string of the molecule is CCCN1C(=O)CC(NCC(C)N2CCCC2)C1=O. The Morgan fingerprint density at radius 2 is 2.00 bits per heavy atom. The van der Waals surface area contributed by atoms with Crippen LogP contribution in [-0.4, -0.2) is 59.9 Å². The molecule has 2 aliphatic rings. The van der Waals surface area contributed by atoms with Crippen LogP contribution in [0.4, 0.5) is 0 Å². The molecule has 5 heteroatoms. The van der Waals surface area contributed by atoms with Gasteiger partial charge in [0, 0.05) is 19.1 Å². The summed E-state index contributed by atoms with van der Waals surface area (Å²) in [7, 11) is 0. The number of rotatable bonds is 6. The topological polar surface area (TPSA) is 52.7 Å². The summed E-state index contributed by atoms with van der Waals surface area (Å²) in [6.07, 6.45) is 3.70. The lowest BCUT2D eigenvalue weighted by atomic mass is 10.2. The number of nitrogens with zero attached hydrogens (tertiary/aromatic N) is 2. The number of hydrogen-bond donors (Lipinski definition) is 1. The largest absolute Gasteiger partial charge is 0.304 e. The molecule has 5 nitrogen and oxygen atoms in total. The molecule has 2 amide bonds. The Morgan fingerprint density at radius 1 is 1.32 bits per heavy atom. The number of likely N-dealkylation sites (tertiary alicyclic amines) is 2. The molecule has 108 valence electrons. The summed E-state index contributed by atoms with van der Waals surface area (Å²) < 4.78 is 0. The average molecular weight is 267 g/mol. The van der Waals surface area contributed by atoms with Gasteiger partial charge in [-0.3, -0.25) is 19.4 Å². The summed E-state index contributed by atoms with van der Waals surface area (Å²) in [6, 6.07) is 0.134. The summed E-state index contributed by atoms with van der Waals surface area (Å²) in [4.78, 5) is 27.7. The Balaban J connectivity index is 1.80. The van der Waals surface area contributed by atoms with Crippen LogP contribution in [0.25, 0.3) is 0 Å². The second-order valence-corrected chi connectivity index (χ2v) is 5.64. The Kier molecular flexibility index (Phi) is 4.93. The molecule has 1 N–H and O–H groups in total. The second kappa shape index (κ2) is 6.48. The molecule has 0 saturated carbocycles. The third-order valence-electron chi connectivity index (χ3n) is 4.11. The maximum Gasteiger partial charge on any atom is 0.246 e. The van der Waals surface area contributed by atoms with Gasteiger partial charge in [0.1, 0.15) is 0 Å². The summed E-state index contributed by atoms with van der Waals surface area (Å²) in [5, 5.41) is 3.27. The Morgan fingerprint density at radius 3 is 2.63 bits per heavy atom. The van der Waals surface area contributed by atoms with Crippen molar-refractivity contribution in [3.8, 4) is 0 Å². The highest BCUT2D eigenvalue weighted by atomic mass is 16.2. The van der Waals surface area contributed by atoms with Gasteiger partial charge in [-0.2, -0.15) is 0 Å². The Bertz CT molecular complexity index is 340. The molecule has 2 heterocycles. The molecule has 0 aliphatic carbocycles. The number of carbonyl (C=O) groups excluding carboxylic acids is 2. The van der Waals surface area contributed by atoms with Gasteiger partial charge in [0.05, 0.1) is 12.5 Å². The van der Waals surface area contributed by atoms with Crippen molar-refractivity contribution in [3.05, 3.63) is 0 Å². The van der Waals surface area contributed by atoms with E-state index < -0.39 is 0 Å². The van der Waals surface area contributed by atoms with Gasteiger partial charge in [0.25, 0.3) is 0 Å². The van der Waals surface area contributed by atoms with Crippen molar-refractivity contribution in [1.82, 2.24) is 15.1 Å². The van der Waals surface area contributed by atoms with E-state index in [0.29, 0.717) is 19.0 Å². The van der Waals surface area contributed by atoms with Crippen LogP contribution in [0.3, 0.4) is 0 Å². The van der Waals surface area contributed by atoms with E-state index >= 15 is 0 Å². The van der Waals surface area contributed by atoms with E-state index in [0.717, 1.165) is 26.1 Å². The fraction of sp³-hybridized carbons (Fsp3) is 0.857. The minimum atomic E-state index is -0.302. The third kappa shape index (κ3) is 3.34. The molecule has 0 aromatic carbocycles. The van der Waals surface area contributed by atoms with E-state index in [2.05, 4.69) is 17.1 Å². The minimum Gasteiger partial charge on any atom is -0.304 e. The monoisotopic (exact) mass is 267 g/mol. The van der Waals surface area contributed by atoms with Crippen molar-refractivity contribution < 1.29 is 9.59 Å². The minimum absolute atomic E-state index is 0.0295. The van der Waals surface area contributed by atoms with Gasteiger partial charge in [-0.25, -0.2) is 0 Å². The van der Waals surface area contributed by atoms with Crippen LogP contribution in [0.2, 0.25) is 0 Å². The van der Waals surface area contributed by atoms with Gasteiger partial charge in [-0.05, 0) is 39.3 Å². The smallest absolute Gasteiger partial charge is 0.246 e. The predicted molar refractivity (Wildman–Crippen MR) is 73.7 cm³/mol. The molecular weight excluding hydrogens is 242 g/mol. The quantitative estimate of drug-likeness (QED) is 0.716. The molecule has 0 bridgehead atoms. The number of hydrogen-bond acceptors (Lipinski definition) is 4. The fourth-order valence-corrected chi connectivity index (χ4v) is 2.93. The van der Waals surface area contributed by atoms with E-state index in [9.17, 15) is 9.59 Å². The molecule has 2 atom stereocenters. The van der Waals surface area contributed by atoms with Crippen LogP contribution in [0.1, 0.15) is 39.5 Å². The standard InChI is InChI=1S/C14H25N3O2/c1-3-6-17-13(18)9-12(14(17)19)15-10-11(2)16-7-4-5-8-16/h11-12,15H,3-10H2,1-2H3. The number of imide groups is 1. The van der Waals surface area contributed by atoms with Crippen molar-refractivity contribution in [2.24, 2.45) is 0 Å². The van der Waals surface area contributed by atoms with Crippen LogP contribution in [0.15, 0.2) is 0 Å². The molecule has 2 fully saturated rings. The van der Waals surface area contributed by atoms with Gasteiger partial charge in [-0.15, -0.1) is 0 Å². The van der Waals surface area contributed by atoms with E-state index in [-0.39, 0.29) is 17.9 Å². The first kappa shape index (κ1) is 14.5. The number of amides is 2. The fourth-order valence-electron chi connectivity index (χ4n) is 2.93. The second-order valence-electron chi connectivity index (χ2n) is 5.64. The maximum absolute atomic E-state index is 12.1. The zero-order chi connectivity index (χ0) is 13.8. The predicted octanol–water partition coefficient (Wildman–Crippen LogP) is 0.598. The lowest BCUT2D eigenvalue weighted by Gasteiger charge is -2.25. The van der Waals surface area contributed by atoms with Gasteiger partial charge in [0.2, 0.25) is 11.8 Å². The first-order chi connectivity index (χ1) is 9.13. The highest BCUT2D eigenvalue weighted by molar-refractivity contribution is 6.05. The summed E-state index contributed by atoms with van der Waals surface area (Å²) in [5.74, 6) is -0.0707. The van der Waals surface area contributed by atoms with Crippen molar-refractivity contribution in [2.45, 2.75) is 51.6 Å². The molecule has 0 radical (unpaired) electrons.